The predicted octanol–water partition coefficient (Wildman–Crippen LogP) is 4.01. The van der Waals surface area contributed by atoms with E-state index in [0.29, 0.717) is 22.7 Å². The number of hydrogen-bond acceptors (Lipinski definition) is 2. The third-order valence-corrected chi connectivity index (χ3v) is 3.56. The fourth-order valence-electron chi connectivity index (χ4n) is 2.06. The van der Waals surface area contributed by atoms with Gasteiger partial charge in [0.05, 0.1) is 0 Å². The van der Waals surface area contributed by atoms with Crippen LogP contribution in [0.25, 0.3) is 0 Å². The van der Waals surface area contributed by atoms with Crippen molar-refractivity contribution in [2.24, 2.45) is 0 Å². The molecule has 1 unspecified atom stereocenters. The van der Waals surface area contributed by atoms with E-state index in [1.165, 1.54) is 5.56 Å². The first-order chi connectivity index (χ1) is 9.13. The van der Waals surface area contributed by atoms with Gasteiger partial charge in [-0.25, -0.2) is 0 Å². The Balaban J connectivity index is 2.28. The molecule has 0 aliphatic rings. The van der Waals surface area contributed by atoms with Crippen LogP contribution in [0.1, 0.15) is 47.7 Å². The van der Waals surface area contributed by atoms with Crippen molar-refractivity contribution in [2.45, 2.75) is 26.2 Å². The predicted molar refractivity (Wildman–Crippen MR) is 79.4 cm³/mol. The average molecular weight is 253 g/mol. The van der Waals surface area contributed by atoms with Gasteiger partial charge in [-0.05, 0) is 30.0 Å². The largest absolute Gasteiger partial charge is 0.398 e. The number of carbonyl (C=O) groups is 1. The third kappa shape index (κ3) is 2.84. The van der Waals surface area contributed by atoms with Gasteiger partial charge in [0.25, 0.3) is 0 Å². The van der Waals surface area contributed by atoms with Crippen molar-refractivity contribution in [1.82, 2.24) is 0 Å². The maximum Gasteiger partial charge on any atom is 0.195 e. The minimum absolute atomic E-state index is 0.0196. The van der Waals surface area contributed by atoms with E-state index >= 15 is 0 Å². The van der Waals surface area contributed by atoms with Gasteiger partial charge in [-0.1, -0.05) is 50.2 Å². The van der Waals surface area contributed by atoms with Crippen LogP contribution in [0.3, 0.4) is 0 Å². The van der Waals surface area contributed by atoms with Crippen LogP contribution in [0, 0.1) is 0 Å². The molecule has 1 atom stereocenters. The molecule has 0 bridgehead atoms. The lowest BCUT2D eigenvalue weighted by molar-refractivity contribution is 0.103. The summed E-state index contributed by atoms with van der Waals surface area (Å²) in [4.78, 5) is 12.3. The molecule has 0 heterocycles. The van der Waals surface area contributed by atoms with Gasteiger partial charge in [0, 0.05) is 16.8 Å². The van der Waals surface area contributed by atoms with Crippen LogP contribution in [0.15, 0.2) is 48.5 Å². The maximum atomic E-state index is 12.3. The number of nitrogen functional groups attached to an aromatic ring is 1. The number of carbonyl (C=O) groups excluding carboxylic acids is 1. The summed E-state index contributed by atoms with van der Waals surface area (Å²) in [6.07, 6.45) is 1.10. The Kier molecular flexibility index (Phi) is 4.00. The lowest BCUT2D eigenvalue weighted by Crippen LogP contribution is -2.05. The first kappa shape index (κ1) is 13.3. The SMILES string of the molecule is CCC(C)c1ccc(C(=O)c2ccccc2N)cc1. The molecular formula is C17H19NO. The number of benzene rings is 2. The highest BCUT2D eigenvalue weighted by molar-refractivity contribution is 6.12. The Morgan fingerprint density at radius 1 is 1.11 bits per heavy atom. The van der Waals surface area contributed by atoms with Gasteiger partial charge in [-0.15, -0.1) is 0 Å². The van der Waals surface area contributed by atoms with Crippen LogP contribution in [0.2, 0.25) is 0 Å². The van der Waals surface area contributed by atoms with Gasteiger partial charge in [0.2, 0.25) is 0 Å². The van der Waals surface area contributed by atoms with E-state index < -0.39 is 0 Å². The lowest BCUT2D eigenvalue weighted by atomic mass is 9.95. The van der Waals surface area contributed by atoms with Crippen LogP contribution in [0.4, 0.5) is 5.69 Å². The van der Waals surface area contributed by atoms with Crippen LogP contribution >= 0.6 is 0 Å². The van der Waals surface area contributed by atoms with Crippen molar-refractivity contribution >= 4 is 11.5 Å². The van der Waals surface area contributed by atoms with E-state index in [0.717, 1.165) is 6.42 Å². The molecule has 2 nitrogen and oxygen atoms in total. The van der Waals surface area contributed by atoms with E-state index in [2.05, 4.69) is 13.8 Å². The summed E-state index contributed by atoms with van der Waals surface area (Å²) in [5, 5.41) is 0. The Morgan fingerprint density at radius 2 is 1.74 bits per heavy atom. The molecule has 0 aromatic heterocycles. The highest BCUT2D eigenvalue weighted by Gasteiger charge is 2.12. The number of rotatable bonds is 4. The Labute approximate surface area is 114 Å². The molecule has 0 fully saturated rings. The van der Waals surface area contributed by atoms with Gasteiger partial charge >= 0.3 is 0 Å². The van der Waals surface area contributed by atoms with Crippen LogP contribution in [0.5, 0.6) is 0 Å². The zero-order chi connectivity index (χ0) is 13.8. The van der Waals surface area contributed by atoms with Crippen LogP contribution < -0.4 is 5.73 Å². The minimum atomic E-state index is -0.0196. The van der Waals surface area contributed by atoms with Crippen LogP contribution in [-0.2, 0) is 0 Å². The summed E-state index contributed by atoms with van der Waals surface area (Å²) in [5.74, 6) is 0.500. The molecule has 0 aliphatic heterocycles. The average Bonchev–Trinajstić information content (AvgIpc) is 2.46. The van der Waals surface area contributed by atoms with Gasteiger partial charge in [0.15, 0.2) is 5.78 Å². The highest BCUT2D eigenvalue weighted by Crippen LogP contribution is 2.21. The topological polar surface area (TPSA) is 43.1 Å². The standard InChI is InChI=1S/C17H19NO/c1-3-12(2)13-8-10-14(11-9-13)17(19)15-6-4-5-7-16(15)18/h4-12H,3,18H2,1-2H3. The first-order valence-corrected chi connectivity index (χ1v) is 6.62. The molecule has 2 heteroatoms. The monoisotopic (exact) mass is 253 g/mol. The number of para-hydroxylation sites is 1. The van der Waals surface area contributed by atoms with Gasteiger partial charge < -0.3 is 5.73 Å². The molecule has 2 rings (SSSR count). The zero-order valence-corrected chi connectivity index (χ0v) is 11.4. The van der Waals surface area contributed by atoms with E-state index in [9.17, 15) is 4.79 Å². The van der Waals surface area contributed by atoms with E-state index in [1.54, 1.807) is 12.1 Å². The number of anilines is 1. The Bertz CT molecular complexity index is 572. The summed E-state index contributed by atoms with van der Waals surface area (Å²) in [7, 11) is 0. The molecule has 0 saturated heterocycles. The van der Waals surface area contributed by atoms with Crippen molar-refractivity contribution in [3.8, 4) is 0 Å². The van der Waals surface area contributed by atoms with Crippen LogP contribution in [-0.4, -0.2) is 5.78 Å². The molecular weight excluding hydrogens is 234 g/mol. The molecule has 2 aromatic rings. The number of nitrogens with two attached hydrogens (primary N) is 1. The van der Waals surface area contributed by atoms with Gasteiger partial charge in [-0.3, -0.25) is 4.79 Å². The zero-order valence-electron chi connectivity index (χ0n) is 11.4. The van der Waals surface area contributed by atoms with Gasteiger partial charge in [0.1, 0.15) is 0 Å². The smallest absolute Gasteiger partial charge is 0.195 e. The highest BCUT2D eigenvalue weighted by atomic mass is 16.1. The van der Waals surface area contributed by atoms with Crippen molar-refractivity contribution < 1.29 is 4.79 Å². The fourth-order valence-corrected chi connectivity index (χ4v) is 2.06. The molecule has 0 saturated carbocycles. The second-order valence-electron chi connectivity index (χ2n) is 4.85. The number of ketones is 1. The van der Waals surface area contributed by atoms with Crippen molar-refractivity contribution in [3.63, 3.8) is 0 Å². The van der Waals surface area contributed by atoms with Crippen molar-refractivity contribution in [1.29, 1.82) is 0 Å². The van der Waals surface area contributed by atoms with E-state index in [-0.39, 0.29) is 5.78 Å². The molecule has 0 amide bonds. The summed E-state index contributed by atoms with van der Waals surface area (Å²) in [6.45, 7) is 4.35. The molecule has 2 N–H and O–H groups in total. The third-order valence-electron chi connectivity index (χ3n) is 3.56. The molecule has 0 aliphatic carbocycles. The van der Waals surface area contributed by atoms with Crippen molar-refractivity contribution in [3.05, 3.63) is 65.2 Å². The maximum absolute atomic E-state index is 12.3. The number of hydrogen-bond donors (Lipinski definition) is 1. The normalized spacial score (nSPS) is 12.1. The summed E-state index contributed by atoms with van der Waals surface area (Å²) in [6, 6.07) is 15.0. The van der Waals surface area contributed by atoms with E-state index in [4.69, 9.17) is 5.73 Å². The summed E-state index contributed by atoms with van der Waals surface area (Å²) >= 11 is 0. The van der Waals surface area contributed by atoms with E-state index in [1.807, 2.05) is 36.4 Å². The minimum Gasteiger partial charge on any atom is -0.398 e. The van der Waals surface area contributed by atoms with Gasteiger partial charge in [-0.2, -0.15) is 0 Å². The fraction of sp³-hybridized carbons (Fsp3) is 0.235. The summed E-state index contributed by atoms with van der Waals surface area (Å²) in [5.41, 5.74) is 8.88. The lowest BCUT2D eigenvalue weighted by Gasteiger charge is -2.10. The summed E-state index contributed by atoms with van der Waals surface area (Å²) < 4.78 is 0. The molecule has 19 heavy (non-hydrogen) atoms. The molecule has 2 aromatic carbocycles. The Morgan fingerprint density at radius 3 is 2.32 bits per heavy atom. The van der Waals surface area contributed by atoms with Crippen molar-refractivity contribution in [2.75, 3.05) is 5.73 Å². The molecule has 0 radical (unpaired) electrons. The second kappa shape index (κ2) is 5.70. The second-order valence-corrected chi connectivity index (χ2v) is 4.85. The Hall–Kier alpha value is -2.09. The molecule has 98 valence electrons. The quantitative estimate of drug-likeness (QED) is 0.660. The first-order valence-electron chi connectivity index (χ1n) is 6.62. The molecule has 0 spiro atoms.